The number of halogens is 1. The highest BCUT2D eigenvalue weighted by Gasteiger charge is 2.41. The highest BCUT2D eigenvalue weighted by atomic mass is 35.5. The van der Waals surface area contributed by atoms with Crippen molar-refractivity contribution in [3.8, 4) is 5.75 Å². The molecule has 0 radical (unpaired) electrons. The third-order valence-corrected chi connectivity index (χ3v) is 7.74. The molecule has 2 aromatic rings. The van der Waals surface area contributed by atoms with Crippen LogP contribution in [0.4, 0.5) is 0 Å². The van der Waals surface area contributed by atoms with E-state index < -0.39 is 28.0 Å². The van der Waals surface area contributed by atoms with Crippen LogP contribution in [0, 0.1) is 0 Å². The number of dihydropyridines is 1. The van der Waals surface area contributed by atoms with Crippen LogP contribution < -0.4 is 10.1 Å². The summed E-state index contributed by atoms with van der Waals surface area (Å²) in [5, 5.41) is 3.37. The van der Waals surface area contributed by atoms with Crippen molar-refractivity contribution in [1.29, 1.82) is 0 Å². The summed E-state index contributed by atoms with van der Waals surface area (Å²) in [6.07, 6.45) is -0.486. The average Bonchev–Trinajstić information content (AvgIpc) is 2.78. The van der Waals surface area contributed by atoms with Gasteiger partial charge in [0.1, 0.15) is 5.75 Å². The summed E-state index contributed by atoms with van der Waals surface area (Å²) in [7, 11) is -1.28. The molecule has 7 nitrogen and oxygen atoms in total. The molecule has 1 aliphatic heterocycles. The maximum absolute atomic E-state index is 13.9. The Morgan fingerprint density at radius 1 is 1.03 bits per heavy atom. The molecule has 0 spiro atoms. The van der Waals surface area contributed by atoms with Gasteiger partial charge in [-0.2, -0.15) is 0 Å². The summed E-state index contributed by atoms with van der Waals surface area (Å²) in [5.74, 6) is -1.12. The molecule has 0 aromatic heterocycles. The van der Waals surface area contributed by atoms with Crippen molar-refractivity contribution in [1.82, 2.24) is 5.32 Å². The van der Waals surface area contributed by atoms with Gasteiger partial charge in [0.05, 0.1) is 28.4 Å². The molecule has 0 saturated carbocycles. The maximum Gasteiger partial charge on any atom is 0.336 e. The quantitative estimate of drug-likeness (QED) is 0.448. The number of methoxy groups -OCH3 is 2. The Morgan fingerprint density at radius 3 is 2.24 bits per heavy atom. The topological polar surface area (TPSA) is 90.9 Å². The predicted octanol–water partition coefficient (Wildman–Crippen LogP) is 4.55. The van der Waals surface area contributed by atoms with E-state index in [4.69, 9.17) is 25.8 Å². The monoisotopic (exact) mass is 491 g/mol. The zero-order valence-electron chi connectivity index (χ0n) is 19.0. The number of sulfone groups is 1. The minimum Gasteiger partial charge on any atom is -0.466 e. The van der Waals surface area contributed by atoms with Gasteiger partial charge in [0.25, 0.3) is 0 Å². The SMILES string of the molecule is COC(=O)C1=C(C)NC(C)=C(S(=O)(=O)c2ccc(OC(C)OC)cc2)C1c1ccccc1Cl. The van der Waals surface area contributed by atoms with Gasteiger partial charge in [0.2, 0.25) is 9.84 Å². The number of rotatable bonds is 7. The fourth-order valence-electron chi connectivity index (χ4n) is 3.78. The van der Waals surface area contributed by atoms with Crippen molar-refractivity contribution in [2.45, 2.75) is 37.9 Å². The number of hydrogen-bond donors (Lipinski definition) is 1. The molecule has 1 heterocycles. The summed E-state index contributed by atoms with van der Waals surface area (Å²) in [6.45, 7) is 5.09. The Balaban J connectivity index is 2.17. The first-order chi connectivity index (χ1) is 15.6. The van der Waals surface area contributed by atoms with Crippen molar-refractivity contribution in [3.63, 3.8) is 0 Å². The second-order valence-corrected chi connectivity index (χ2v) is 9.82. The summed E-state index contributed by atoms with van der Waals surface area (Å²) in [4.78, 5) is 12.8. The molecule has 2 unspecified atom stereocenters. The molecule has 33 heavy (non-hydrogen) atoms. The summed E-state index contributed by atoms with van der Waals surface area (Å²) in [6, 6.07) is 12.9. The van der Waals surface area contributed by atoms with Crippen molar-refractivity contribution in [2.75, 3.05) is 14.2 Å². The Labute approximate surface area is 198 Å². The van der Waals surface area contributed by atoms with Crippen molar-refractivity contribution in [2.24, 2.45) is 0 Å². The van der Waals surface area contributed by atoms with Crippen LogP contribution in [0.25, 0.3) is 0 Å². The van der Waals surface area contributed by atoms with E-state index in [9.17, 15) is 13.2 Å². The van der Waals surface area contributed by atoms with Gasteiger partial charge in [-0.15, -0.1) is 0 Å². The van der Waals surface area contributed by atoms with Crippen LogP contribution in [0.15, 0.2) is 75.3 Å². The first-order valence-electron chi connectivity index (χ1n) is 10.2. The molecule has 0 aliphatic carbocycles. The second-order valence-electron chi connectivity index (χ2n) is 7.50. The smallest absolute Gasteiger partial charge is 0.336 e. The van der Waals surface area contributed by atoms with Gasteiger partial charge in [0, 0.05) is 23.5 Å². The standard InChI is InChI=1S/C24H26ClNO6S/c1-14-21(24(27)31-5)22(19-8-6-7-9-20(19)25)23(15(2)26-14)33(28,29)18-12-10-17(11-13-18)32-16(3)30-4/h6-13,16,22,26H,1-5H3. The average molecular weight is 492 g/mol. The lowest BCUT2D eigenvalue weighted by molar-refractivity contribution is -0.136. The highest BCUT2D eigenvalue weighted by Crippen LogP contribution is 2.45. The van der Waals surface area contributed by atoms with E-state index in [1.807, 2.05) is 0 Å². The minimum atomic E-state index is -4.04. The molecule has 176 valence electrons. The van der Waals surface area contributed by atoms with Gasteiger partial charge in [-0.25, -0.2) is 13.2 Å². The van der Waals surface area contributed by atoms with Gasteiger partial charge in [-0.3, -0.25) is 0 Å². The molecule has 0 amide bonds. The lowest BCUT2D eigenvalue weighted by Crippen LogP contribution is -2.31. The highest BCUT2D eigenvalue weighted by molar-refractivity contribution is 7.95. The Hall–Kier alpha value is -2.81. The molecule has 0 saturated heterocycles. The van der Waals surface area contributed by atoms with Crippen molar-refractivity contribution < 1.29 is 27.4 Å². The normalized spacial score (nSPS) is 17.5. The first-order valence-corrected chi connectivity index (χ1v) is 12.0. The van der Waals surface area contributed by atoms with Gasteiger partial charge < -0.3 is 19.5 Å². The number of nitrogens with one attached hydrogen (secondary N) is 1. The van der Waals surface area contributed by atoms with E-state index in [2.05, 4.69) is 5.32 Å². The van der Waals surface area contributed by atoms with Crippen LogP contribution in [0.5, 0.6) is 5.75 Å². The zero-order valence-corrected chi connectivity index (χ0v) is 20.6. The number of esters is 1. The van der Waals surface area contributed by atoms with Crippen LogP contribution in [0.2, 0.25) is 5.02 Å². The lowest BCUT2D eigenvalue weighted by Gasteiger charge is -2.31. The first kappa shape index (κ1) is 24.8. The molecule has 2 aromatic carbocycles. The predicted molar refractivity (Wildman–Crippen MR) is 125 cm³/mol. The number of carbonyl (C=O) groups excluding carboxylic acids is 1. The molecule has 0 fully saturated rings. The molecule has 2 atom stereocenters. The lowest BCUT2D eigenvalue weighted by atomic mass is 9.86. The molecule has 9 heteroatoms. The van der Waals surface area contributed by atoms with E-state index in [1.165, 1.54) is 26.4 Å². The van der Waals surface area contributed by atoms with Crippen LogP contribution in [0.3, 0.4) is 0 Å². The molecular formula is C24H26ClNO6S. The molecule has 0 bridgehead atoms. The number of ether oxygens (including phenoxy) is 3. The van der Waals surface area contributed by atoms with E-state index in [1.54, 1.807) is 57.2 Å². The minimum absolute atomic E-state index is 0.0283. The fourth-order valence-corrected chi connectivity index (χ4v) is 5.78. The largest absolute Gasteiger partial charge is 0.466 e. The number of carbonyl (C=O) groups is 1. The molecule has 1 aliphatic rings. The van der Waals surface area contributed by atoms with Gasteiger partial charge in [-0.05, 0) is 56.7 Å². The van der Waals surface area contributed by atoms with Gasteiger partial charge in [0.15, 0.2) is 6.29 Å². The summed E-state index contributed by atoms with van der Waals surface area (Å²) >= 11 is 6.47. The Bertz CT molecular complexity index is 1220. The third-order valence-electron chi connectivity index (χ3n) is 5.38. The summed E-state index contributed by atoms with van der Waals surface area (Å²) < 4.78 is 43.3. The van der Waals surface area contributed by atoms with E-state index in [0.29, 0.717) is 27.7 Å². The van der Waals surface area contributed by atoms with E-state index in [0.717, 1.165) is 0 Å². The van der Waals surface area contributed by atoms with Crippen molar-refractivity contribution in [3.05, 3.63) is 81.0 Å². The Kier molecular flexibility index (Phi) is 7.51. The summed E-state index contributed by atoms with van der Waals surface area (Å²) in [5.41, 5.74) is 1.58. The van der Waals surface area contributed by atoms with Gasteiger partial charge >= 0.3 is 5.97 Å². The van der Waals surface area contributed by atoms with E-state index in [-0.39, 0.29) is 15.4 Å². The fraction of sp³-hybridized carbons (Fsp3) is 0.292. The third kappa shape index (κ3) is 4.93. The number of hydrogen-bond acceptors (Lipinski definition) is 7. The van der Waals surface area contributed by atoms with Crippen molar-refractivity contribution >= 4 is 27.4 Å². The molecular weight excluding hydrogens is 466 g/mol. The number of allylic oxidation sites excluding steroid dienone is 3. The maximum atomic E-state index is 13.9. The number of benzene rings is 2. The Morgan fingerprint density at radius 2 is 1.67 bits per heavy atom. The zero-order chi connectivity index (χ0) is 24.3. The second kappa shape index (κ2) is 9.99. The molecule has 1 N–H and O–H groups in total. The van der Waals surface area contributed by atoms with Crippen LogP contribution in [0.1, 0.15) is 32.3 Å². The van der Waals surface area contributed by atoms with Crippen LogP contribution in [-0.2, 0) is 24.1 Å². The van der Waals surface area contributed by atoms with E-state index >= 15 is 0 Å². The van der Waals surface area contributed by atoms with Crippen LogP contribution in [-0.4, -0.2) is 34.9 Å². The van der Waals surface area contributed by atoms with Crippen LogP contribution >= 0.6 is 11.6 Å². The van der Waals surface area contributed by atoms with Gasteiger partial charge in [-0.1, -0.05) is 29.8 Å². The molecule has 3 rings (SSSR count).